The van der Waals surface area contributed by atoms with Gasteiger partial charge in [0.1, 0.15) is 0 Å². The van der Waals surface area contributed by atoms with Crippen molar-refractivity contribution in [2.45, 2.75) is 25.7 Å². The smallest absolute Gasteiger partial charge is 0.247 e. The van der Waals surface area contributed by atoms with Gasteiger partial charge in [0.2, 0.25) is 21.8 Å². The summed E-state index contributed by atoms with van der Waals surface area (Å²) >= 11 is 0. The fraction of sp³-hybridized carbons (Fsp3) is 0.556. The molecule has 8 heteroatoms. The van der Waals surface area contributed by atoms with Crippen LogP contribution >= 0.6 is 0 Å². The van der Waals surface area contributed by atoms with Crippen molar-refractivity contribution >= 4 is 10.0 Å². The number of nitrogens with zero attached hydrogens (tertiary/aromatic N) is 3. The SMILES string of the molecule is Cc1ccc(-c2nnc(C3CN(S(C)(=O)=O)CC34CCOCC4)o2)cc1. The topological polar surface area (TPSA) is 85.5 Å². The molecule has 1 aromatic carbocycles. The molecule has 0 bridgehead atoms. The Labute approximate surface area is 153 Å². The molecule has 1 spiro atoms. The third kappa shape index (κ3) is 3.17. The van der Waals surface area contributed by atoms with Crippen molar-refractivity contribution in [2.75, 3.05) is 32.6 Å². The van der Waals surface area contributed by atoms with Gasteiger partial charge in [-0.15, -0.1) is 10.2 Å². The Hall–Kier alpha value is -1.77. The number of aromatic nitrogens is 2. The molecule has 1 aromatic heterocycles. The Morgan fingerprint density at radius 3 is 2.50 bits per heavy atom. The van der Waals surface area contributed by atoms with E-state index in [0.717, 1.165) is 24.0 Å². The minimum absolute atomic E-state index is 0.104. The van der Waals surface area contributed by atoms with Gasteiger partial charge >= 0.3 is 0 Å². The lowest BCUT2D eigenvalue weighted by Crippen LogP contribution is -2.37. The maximum absolute atomic E-state index is 12.1. The average Bonchev–Trinajstić information content (AvgIpc) is 3.21. The van der Waals surface area contributed by atoms with E-state index in [2.05, 4.69) is 10.2 Å². The second-order valence-electron chi connectivity index (χ2n) is 7.39. The second-order valence-corrected chi connectivity index (χ2v) is 9.38. The van der Waals surface area contributed by atoms with Crippen molar-refractivity contribution in [2.24, 2.45) is 5.41 Å². The van der Waals surface area contributed by atoms with Gasteiger partial charge in [0, 0.05) is 37.3 Å². The van der Waals surface area contributed by atoms with E-state index >= 15 is 0 Å². The van der Waals surface area contributed by atoms with Gasteiger partial charge in [-0.1, -0.05) is 17.7 Å². The molecule has 0 aliphatic carbocycles. The summed E-state index contributed by atoms with van der Waals surface area (Å²) in [7, 11) is -3.27. The molecule has 0 N–H and O–H groups in total. The first-order valence-corrected chi connectivity index (χ1v) is 10.7. The summed E-state index contributed by atoms with van der Waals surface area (Å²) < 4.78 is 37.3. The third-order valence-electron chi connectivity index (χ3n) is 5.61. The molecule has 7 nitrogen and oxygen atoms in total. The van der Waals surface area contributed by atoms with Crippen LogP contribution in [-0.2, 0) is 14.8 Å². The first-order chi connectivity index (χ1) is 12.4. The predicted molar refractivity (Wildman–Crippen MR) is 96.1 cm³/mol. The first kappa shape index (κ1) is 17.6. The van der Waals surface area contributed by atoms with Crippen LogP contribution in [0, 0.1) is 12.3 Å². The molecule has 0 amide bonds. The van der Waals surface area contributed by atoms with E-state index < -0.39 is 10.0 Å². The molecule has 26 heavy (non-hydrogen) atoms. The van der Waals surface area contributed by atoms with Gasteiger partial charge in [-0.05, 0) is 31.9 Å². The number of rotatable bonds is 3. The van der Waals surface area contributed by atoms with Gasteiger partial charge in [-0.3, -0.25) is 0 Å². The summed E-state index contributed by atoms with van der Waals surface area (Å²) in [5.41, 5.74) is 1.83. The summed E-state index contributed by atoms with van der Waals surface area (Å²) in [6, 6.07) is 7.91. The fourth-order valence-electron chi connectivity index (χ4n) is 3.99. The molecule has 1 atom stereocenters. The normalized spacial score (nSPS) is 23.5. The van der Waals surface area contributed by atoms with Crippen LogP contribution in [0.2, 0.25) is 0 Å². The molecule has 2 fully saturated rings. The average molecular weight is 377 g/mol. The summed E-state index contributed by atoms with van der Waals surface area (Å²) in [4.78, 5) is 0. The van der Waals surface area contributed by atoms with E-state index in [4.69, 9.17) is 9.15 Å². The minimum atomic E-state index is -3.27. The molecule has 0 saturated carbocycles. The lowest BCUT2D eigenvalue weighted by Gasteiger charge is -2.36. The lowest BCUT2D eigenvalue weighted by molar-refractivity contribution is 0.0112. The highest BCUT2D eigenvalue weighted by molar-refractivity contribution is 7.88. The van der Waals surface area contributed by atoms with Crippen molar-refractivity contribution < 1.29 is 17.6 Å². The molecule has 1 unspecified atom stereocenters. The van der Waals surface area contributed by atoms with Crippen molar-refractivity contribution in [1.29, 1.82) is 0 Å². The molecule has 0 radical (unpaired) electrons. The predicted octanol–water partition coefficient (Wildman–Crippen LogP) is 2.20. The van der Waals surface area contributed by atoms with E-state index in [-0.39, 0.29) is 11.3 Å². The van der Waals surface area contributed by atoms with Gasteiger partial charge in [-0.2, -0.15) is 0 Å². The largest absolute Gasteiger partial charge is 0.420 e. The van der Waals surface area contributed by atoms with E-state index in [1.165, 1.54) is 6.26 Å². The molecule has 2 aromatic rings. The number of aryl methyl sites for hydroxylation is 1. The van der Waals surface area contributed by atoms with Crippen LogP contribution in [0.3, 0.4) is 0 Å². The Morgan fingerprint density at radius 1 is 1.15 bits per heavy atom. The van der Waals surface area contributed by atoms with E-state index in [1.807, 2.05) is 31.2 Å². The van der Waals surface area contributed by atoms with Crippen LogP contribution in [0.5, 0.6) is 0 Å². The molecule has 2 aliphatic heterocycles. The van der Waals surface area contributed by atoms with Crippen LogP contribution < -0.4 is 0 Å². The number of sulfonamides is 1. The molecule has 4 rings (SSSR count). The lowest BCUT2D eigenvalue weighted by atomic mass is 9.72. The first-order valence-electron chi connectivity index (χ1n) is 8.81. The quantitative estimate of drug-likeness (QED) is 0.815. The molecule has 3 heterocycles. The zero-order valence-electron chi connectivity index (χ0n) is 15.0. The van der Waals surface area contributed by atoms with Gasteiger partial charge in [0.05, 0.1) is 12.2 Å². The van der Waals surface area contributed by atoms with Crippen LogP contribution in [0.1, 0.15) is 30.2 Å². The molecular weight excluding hydrogens is 354 g/mol. The fourth-order valence-corrected chi connectivity index (χ4v) is 4.90. The summed E-state index contributed by atoms with van der Waals surface area (Å²) in [6.45, 7) is 4.16. The Morgan fingerprint density at radius 2 is 1.85 bits per heavy atom. The Balaban J connectivity index is 1.67. The van der Waals surface area contributed by atoms with Gasteiger partial charge < -0.3 is 9.15 Å². The van der Waals surface area contributed by atoms with Crippen molar-refractivity contribution in [3.63, 3.8) is 0 Å². The standard InChI is InChI=1S/C18H23N3O4S/c1-13-3-5-14(6-4-13)16-19-20-17(25-16)15-11-21(26(2,22)23)12-18(15)7-9-24-10-8-18/h3-6,15H,7-12H2,1-2H3. The van der Waals surface area contributed by atoms with Crippen LogP contribution in [-0.4, -0.2) is 55.5 Å². The minimum Gasteiger partial charge on any atom is -0.420 e. The zero-order chi connectivity index (χ0) is 18.4. The highest BCUT2D eigenvalue weighted by Gasteiger charge is 2.52. The van der Waals surface area contributed by atoms with E-state index in [1.54, 1.807) is 4.31 Å². The summed E-state index contributed by atoms with van der Waals surface area (Å²) in [6.07, 6.45) is 2.85. The monoisotopic (exact) mass is 377 g/mol. The molecular formula is C18H23N3O4S. The highest BCUT2D eigenvalue weighted by Crippen LogP contribution is 2.49. The summed E-state index contributed by atoms with van der Waals surface area (Å²) in [5.74, 6) is 0.890. The van der Waals surface area contributed by atoms with Crippen LogP contribution in [0.15, 0.2) is 28.7 Å². The number of ether oxygens (including phenoxy) is 1. The van der Waals surface area contributed by atoms with Crippen LogP contribution in [0.4, 0.5) is 0 Å². The van der Waals surface area contributed by atoms with Crippen LogP contribution in [0.25, 0.3) is 11.5 Å². The number of hydrogen-bond donors (Lipinski definition) is 0. The zero-order valence-corrected chi connectivity index (χ0v) is 15.8. The number of hydrogen-bond acceptors (Lipinski definition) is 6. The van der Waals surface area contributed by atoms with Crippen molar-refractivity contribution in [3.05, 3.63) is 35.7 Å². The maximum Gasteiger partial charge on any atom is 0.247 e. The molecule has 2 aliphatic rings. The number of benzene rings is 1. The Bertz CT molecular complexity index is 885. The molecule has 2 saturated heterocycles. The van der Waals surface area contributed by atoms with Crippen molar-refractivity contribution in [3.8, 4) is 11.5 Å². The van der Waals surface area contributed by atoms with Crippen molar-refractivity contribution in [1.82, 2.24) is 14.5 Å². The second kappa shape index (κ2) is 6.44. The van der Waals surface area contributed by atoms with E-state index in [9.17, 15) is 8.42 Å². The van der Waals surface area contributed by atoms with Gasteiger partial charge in [-0.25, -0.2) is 12.7 Å². The third-order valence-corrected chi connectivity index (χ3v) is 6.83. The van der Waals surface area contributed by atoms with Gasteiger partial charge in [0.15, 0.2) is 0 Å². The maximum atomic E-state index is 12.1. The highest BCUT2D eigenvalue weighted by atomic mass is 32.2. The molecule has 140 valence electrons. The Kier molecular flexibility index (Phi) is 4.37. The van der Waals surface area contributed by atoms with E-state index in [0.29, 0.717) is 38.1 Å². The summed E-state index contributed by atoms with van der Waals surface area (Å²) in [5, 5.41) is 8.49. The van der Waals surface area contributed by atoms with Gasteiger partial charge in [0.25, 0.3) is 0 Å².